The molecule has 0 aliphatic rings. The molecule has 0 aliphatic heterocycles. The molecule has 2 aromatic carbocycles. The van der Waals surface area contributed by atoms with Crippen molar-refractivity contribution in [2.24, 2.45) is 5.92 Å². The minimum Gasteiger partial charge on any atom is -0.366 e. The summed E-state index contributed by atoms with van der Waals surface area (Å²) >= 11 is 0. The second-order valence-electron chi connectivity index (χ2n) is 6.95. The summed E-state index contributed by atoms with van der Waals surface area (Å²) in [5, 5.41) is 6.77. The van der Waals surface area contributed by atoms with Gasteiger partial charge in [-0.25, -0.2) is 4.98 Å². The Morgan fingerprint density at radius 1 is 0.885 bits per heavy atom. The van der Waals surface area contributed by atoms with Crippen LogP contribution >= 0.6 is 0 Å². The zero-order valence-electron chi connectivity index (χ0n) is 15.7. The zero-order chi connectivity index (χ0) is 18.4. The first-order chi connectivity index (χ1) is 12.6. The molecule has 26 heavy (non-hydrogen) atoms. The number of hydrogen-bond acceptors (Lipinski definition) is 4. The molecular formula is C22H26N4. The van der Waals surface area contributed by atoms with E-state index >= 15 is 0 Å². The Kier molecular flexibility index (Phi) is 5.84. The standard InChI is InChI=1S/C22H26N4/c1-16(2)14-24-22-25-20(19-10-5-4-6-11-19)13-21(26-22)23-15-18-9-7-8-17(3)12-18/h4-13,16H,14-15H2,1-3H3,(H2,23,24,25,26). The van der Waals surface area contributed by atoms with E-state index in [0.717, 1.165) is 30.2 Å². The first-order valence-corrected chi connectivity index (χ1v) is 9.08. The molecule has 4 heteroatoms. The Morgan fingerprint density at radius 2 is 1.69 bits per heavy atom. The van der Waals surface area contributed by atoms with Gasteiger partial charge in [-0.2, -0.15) is 4.98 Å². The molecule has 3 aromatic rings. The first kappa shape index (κ1) is 17.9. The van der Waals surface area contributed by atoms with E-state index in [1.54, 1.807) is 0 Å². The zero-order valence-corrected chi connectivity index (χ0v) is 15.7. The minimum absolute atomic E-state index is 0.530. The lowest BCUT2D eigenvalue weighted by atomic mass is 10.1. The fourth-order valence-electron chi connectivity index (χ4n) is 2.68. The molecule has 134 valence electrons. The molecule has 0 unspecified atom stereocenters. The van der Waals surface area contributed by atoms with Crippen LogP contribution in [0.25, 0.3) is 11.3 Å². The van der Waals surface area contributed by atoms with Crippen molar-refractivity contribution in [3.8, 4) is 11.3 Å². The Labute approximate surface area is 155 Å². The summed E-state index contributed by atoms with van der Waals surface area (Å²) in [6, 6.07) is 20.7. The van der Waals surface area contributed by atoms with E-state index in [4.69, 9.17) is 0 Å². The van der Waals surface area contributed by atoms with Crippen molar-refractivity contribution < 1.29 is 0 Å². The van der Waals surface area contributed by atoms with Crippen LogP contribution in [-0.4, -0.2) is 16.5 Å². The molecule has 0 saturated heterocycles. The quantitative estimate of drug-likeness (QED) is 0.622. The van der Waals surface area contributed by atoms with Crippen molar-refractivity contribution in [3.63, 3.8) is 0 Å². The fourth-order valence-corrected chi connectivity index (χ4v) is 2.68. The Morgan fingerprint density at radius 3 is 2.42 bits per heavy atom. The van der Waals surface area contributed by atoms with Crippen molar-refractivity contribution in [3.05, 3.63) is 71.8 Å². The average molecular weight is 346 g/mol. The molecule has 0 amide bonds. The second kappa shape index (κ2) is 8.48. The van der Waals surface area contributed by atoms with Crippen molar-refractivity contribution in [1.82, 2.24) is 9.97 Å². The van der Waals surface area contributed by atoms with Crippen molar-refractivity contribution in [2.45, 2.75) is 27.3 Å². The topological polar surface area (TPSA) is 49.8 Å². The maximum absolute atomic E-state index is 4.68. The lowest BCUT2D eigenvalue weighted by Crippen LogP contribution is -2.12. The Bertz CT molecular complexity index is 844. The number of rotatable bonds is 7. The normalized spacial score (nSPS) is 10.8. The van der Waals surface area contributed by atoms with Gasteiger partial charge in [0, 0.05) is 24.7 Å². The van der Waals surface area contributed by atoms with Gasteiger partial charge in [0.25, 0.3) is 0 Å². The third kappa shape index (κ3) is 5.06. The van der Waals surface area contributed by atoms with Crippen LogP contribution in [0.5, 0.6) is 0 Å². The van der Waals surface area contributed by atoms with E-state index in [1.807, 2.05) is 24.3 Å². The number of hydrogen-bond donors (Lipinski definition) is 2. The van der Waals surface area contributed by atoms with Gasteiger partial charge < -0.3 is 10.6 Å². The van der Waals surface area contributed by atoms with Gasteiger partial charge in [0.1, 0.15) is 5.82 Å². The molecule has 1 aromatic heterocycles. The molecule has 0 radical (unpaired) electrons. The Balaban J connectivity index is 1.84. The predicted octanol–water partition coefficient (Wildman–Crippen LogP) is 5.13. The second-order valence-corrected chi connectivity index (χ2v) is 6.95. The van der Waals surface area contributed by atoms with E-state index in [9.17, 15) is 0 Å². The van der Waals surface area contributed by atoms with E-state index in [0.29, 0.717) is 11.9 Å². The SMILES string of the molecule is Cc1cccc(CNc2cc(-c3ccccc3)nc(NCC(C)C)n2)c1. The molecule has 3 rings (SSSR count). The van der Waals surface area contributed by atoms with Gasteiger partial charge in [-0.3, -0.25) is 0 Å². The highest BCUT2D eigenvalue weighted by Gasteiger charge is 2.07. The van der Waals surface area contributed by atoms with Gasteiger partial charge in [0.2, 0.25) is 5.95 Å². The summed E-state index contributed by atoms with van der Waals surface area (Å²) in [6.07, 6.45) is 0. The third-order valence-electron chi connectivity index (χ3n) is 4.02. The number of aromatic nitrogens is 2. The summed E-state index contributed by atoms with van der Waals surface area (Å²) < 4.78 is 0. The van der Waals surface area contributed by atoms with Crippen molar-refractivity contribution >= 4 is 11.8 Å². The molecular weight excluding hydrogens is 320 g/mol. The Hall–Kier alpha value is -2.88. The van der Waals surface area contributed by atoms with Crippen LogP contribution in [0.4, 0.5) is 11.8 Å². The van der Waals surface area contributed by atoms with Crippen molar-refractivity contribution in [2.75, 3.05) is 17.2 Å². The van der Waals surface area contributed by atoms with Crippen LogP contribution < -0.4 is 10.6 Å². The highest BCUT2D eigenvalue weighted by Crippen LogP contribution is 2.22. The van der Waals surface area contributed by atoms with Crippen LogP contribution in [0.3, 0.4) is 0 Å². The van der Waals surface area contributed by atoms with E-state index < -0.39 is 0 Å². The van der Waals surface area contributed by atoms with Crippen molar-refractivity contribution in [1.29, 1.82) is 0 Å². The number of aryl methyl sites for hydroxylation is 1. The molecule has 1 heterocycles. The summed E-state index contributed by atoms with van der Waals surface area (Å²) in [5.74, 6) is 2.01. The van der Waals surface area contributed by atoms with Crippen LogP contribution in [0.2, 0.25) is 0 Å². The summed E-state index contributed by atoms with van der Waals surface area (Å²) in [5.41, 5.74) is 4.50. The van der Waals surface area contributed by atoms with Crippen LogP contribution in [0.1, 0.15) is 25.0 Å². The monoisotopic (exact) mass is 346 g/mol. The lowest BCUT2D eigenvalue weighted by Gasteiger charge is -2.13. The smallest absolute Gasteiger partial charge is 0.225 e. The summed E-state index contributed by atoms with van der Waals surface area (Å²) in [7, 11) is 0. The molecule has 4 nitrogen and oxygen atoms in total. The molecule has 0 atom stereocenters. The van der Waals surface area contributed by atoms with E-state index in [1.165, 1.54) is 11.1 Å². The van der Waals surface area contributed by atoms with Crippen LogP contribution in [0.15, 0.2) is 60.7 Å². The fraction of sp³-hybridized carbons (Fsp3) is 0.273. The molecule has 0 aliphatic carbocycles. The van der Waals surface area contributed by atoms with Gasteiger partial charge in [0.15, 0.2) is 0 Å². The van der Waals surface area contributed by atoms with Gasteiger partial charge in [-0.15, -0.1) is 0 Å². The van der Waals surface area contributed by atoms with E-state index in [2.05, 4.69) is 77.8 Å². The molecule has 0 bridgehead atoms. The van der Waals surface area contributed by atoms with Gasteiger partial charge >= 0.3 is 0 Å². The maximum atomic E-state index is 4.68. The number of nitrogens with zero attached hydrogens (tertiary/aromatic N) is 2. The summed E-state index contributed by atoms with van der Waals surface area (Å²) in [6.45, 7) is 8.03. The summed E-state index contributed by atoms with van der Waals surface area (Å²) in [4.78, 5) is 9.32. The van der Waals surface area contributed by atoms with Crippen LogP contribution in [-0.2, 0) is 6.54 Å². The molecule has 0 fully saturated rings. The highest BCUT2D eigenvalue weighted by molar-refractivity contribution is 5.64. The molecule has 0 saturated carbocycles. The minimum atomic E-state index is 0.530. The van der Waals surface area contributed by atoms with Gasteiger partial charge in [0.05, 0.1) is 5.69 Å². The average Bonchev–Trinajstić information content (AvgIpc) is 2.65. The molecule has 0 spiro atoms. The number of anilines is 2. The maximum Gasteiger partial charge on any atom is 0.225 e. The third-order valence-corrected chi connectivity index (χ3v) is 4.02. The predicted molar refractivity (Wildman–Crippen MR) is 109 cm³/mol. The number of nitrogens with one attached hydrogen (secondary N) is 2. The van der Waals surface area contributed by atoms with E-state index in [-0.39, 0.29) is 0 Å². The van der Waals surface area contributed by atoms with Gasteiger partial charge in [-0.05, 0) is 18.4 Å². The van der Waals surface area contributed by atoms with Crippen LogP contribution in [0, 0.1) is 12.8 Å². The largest absolute Gasteiger partial charge is 0.366 e. The number of benzene rings is 2. The highest BCUT2D eigenvalue weighted by atomic mass is 15.1. The first-order valence-electron chi connectivity index (χ1n) is 9.08. The van der Waals surface area contributed by atoms with Gasteiger partial charge in [-0.1, -0.05) is 74.0 Å². The molecule has 2 N–H and O–H groups in total. The lowest BCUT2D eigenvalue weighted by molar-refractivity contribution is 0.684.